The van der Waals surface area contributed by atoms with Crippen molar-refractivity contribution in [1.29, 1.82) is 0 Å². The number of benzene rings is 1. The number of amides is 1. The quantitative estimate of drug-likeness (QED) is 0.712. The average molecular weight is 312 g/mol. The highest BCUT2D eigenvalue weighted by atomic mass is 32.1. The van der Waals surface area contributed by atoms with Gasteiger partial charge in [0.2, 0.25) is 5.91 Å². The Labute approximate surface area is 132 Å². The predicted molar refractivity (Wildman–Crippen MR) is 88.3 cm³/mol. The monoisotopic (exact) mass is 312 g/mol. The van der Waals surface area contributed by atoms with Gasteiger partial charge in [-0.05, 0) is 35.7 Å². The Kier molecular flexibility index (Phi) is 4.65. The van der Waals surface area contributed by atoms with Crippen LogP contribution in [0.4, 0.5) is 0 Å². The van der Waals surface area contributed by atoms with E-state index in [9.17, 15) is 4.79 Å². The molecule has 5 heteroatoms. The largest absolute Gasteiger partial charge is 0.492 e. The Morgan fingerprint density at radius 3 is 3.05 bits per heavy atom. The summed E-state index contributed by atoms with van der Waals surface area (Å²) in [5, 5.41) is 5.87. The molecule has 0 aliphatic heterocycles. The maximum atomic E-state index is 11.7. The van der Waals surface area contributed by atoms with Crippen LogP contribution in [0.2, 0.25) is 0 Å². The lowest BCUT2D eigenvalue weighted by molar-refractivity contribution is -0.120. The van der Waals surface area contributed by atoms with Gasteiger partial charge in [0.25, 0.3) is 0 Å². The van der Waals surface area contributed by atoms with Crippen LogP contribution in [0.25, 0.3) is 10.9 Å². The zero-order valence-corrected chi connectivity index (χ0v) is 12.8. The van der Waals surface area contributed by atoms with Crippen LogP contribution < -0.4 is 10.1 Å². The van der Waals surface area contributed by atoms with Gasteiger partial charge in [-0.3, -0.25) is 9.78 Å². The number of ether oxygens (including phenoxy) is 1. The molecule has 3 aromatic rings. The second kappa shape index (κ2) is 7.04. The van der Waals surface area contributed by atoms with Crippen LogP contribution in [-0.4, -0.2) is 24.0 Å². The Balaban J connectivity index is 1.45. The molecule has 1 aromatic carbocycles. The molecule has 0 bridgehead atoms. The molecule has 0 aliphatic carbocycles. The summed E-state index contributed by atoms with van der Waals surface area (Å²) in [4.78, 5) is 17.1. The molecule has 4 nitrogen and oxygen atoms in total. The number of fused-ring (bicyclic) bond motifs is 1. The van der Waals surface area contributed by atoms with Crippen molar-refractivity contribution in [1.82, 2.24) is 10.3 Å². The Hall–Kier alpha value is -2.40. The van der Waals surface area contributed by atoms with E-state index in [0.29, 0.717) is 19.6 Å². The van der Waals surface area contributed by atoms with E-state index >= 15 is 0 Å². The third-order valence-corrected chi connectivity index (χ3v) is 4.06. The van der Waals surface area contributed by atoms with Crippen LogP contribution in [-0.2, 0) is 11.2 Å². The number of nitrogens with zero attached hydrogens (tertiary/aromatic N) is 1. The van der Waals surface area contributed by atoms with E-state index in [4.69, 9.17) is 4.74 Å². The van der Waals surface area contributed by atoms with Gasteiger partial charge in [-0.1, -0.05) is 12.1 Å². The molecule has 3 rings (SSSR count). The minimum atomic E-state index is 0.0220. The lowest BCUT2D eigenvalue weighted by Crippen LogP contribution is -2.29. The molecule has 0 unspecified atom stereocenters. The molecular weight excluding hydrogens is 296 g/mol. The molecule has 0 saturated heterocycles. The molecule has 0 spiro atoms. The second-order valence-corrected chi connectivity index (χ2v) is 5.84. The van der Waals surface area contributed by atoms with Crippen molar-refractivity contribution in [3.05, 3.63) is 58.9 Å². The number of aromatic nitrogens is 1. The van der Waals surface area contributed by atoms with E-state index in [1.807, 2.05) is 47.8 Å². The molecule has 0 atom stereocenters. The number of hydrogen-bond donors (Lipinski definition) is 1. The fourth-order valence-electron chi connectivity index (χ4n) is 2.14. The molecule has 1 N–H and O–H groups in total. The Morgan fingerprint density at radius 2 is 2.18 bits per heavy atom. The van der Waals surface area contributed by atoms with Crippen molar-refractivity contribution < 1.29 is 9.53 Å². The molecule has 2 heterocycles. The van der Waals surface area contributed by atoms with Crippen LogP contribution >= 0.6 is 11.3 Å². The van der Waals surface area contributed by atoms with Crippen molar-refractivity contribution in [2.75, 3.05) is 13.2 Å². The topological polar surface area (TPSA) is 51.2 Å². The first-order valence-electron chi connectivity index (χ1n) is 7.08. The van der Waals surface area contributed by atoms with Crippen molar-refractivity contribution in [3.8, 4) is 5.75 Å². The Morgan fingerprint density at radius 1 is 1.23 bits per heavy atom. The van der Waals surface area contributed by atoms with E-state index in [1.165, 1.54) is 0 Å². The molecule has 1 amide bonds. The highest BCUT2D eigenvalue weighted by Crippen LogP contribution is 2.18. The predicted octanol–water partition coefficient (Wildman–Crippen LogP) is 3.03. The summed E-state index contributed by atoms with van der Waals surface area (Å²) >= 11 is 1.59. The first kappa shape index (κ1) is 14.5. The number of hydrogen-bond acceptors (Lipinski definition) is 4. The maximum Gasteiger partial charge on any atom is 0.225 e. The van der Waals surface area contributed by atoms with E-state index in [2.05, 4.69) is 10.3 Å². The van der Waals surface area contributed by atoms with Crippen LogP contribution in [0.3, 0.4) is 0 Å². The fourth-order valence-corrected chi connectivity index (χ4v) is 2.84. The van der Waals surface area contributed by atoms with Gasteiger partial charge >= 0.3 is 0 Å². The van der Waals surface area contributed by atoms with Gasteiger partial charge in [-0.2, -0.15) is 0 Å². The van der Waals surface area contributed by atoms with Crippen molar-refractivity contribution in [2.24, 2.45) is 0 Å². The highest BCUT2D eigenvalue weighted by molar-refractivity contribution is 7.10. The number of nitrogens with one attached hydrogen (secondary N) is 1. The van der Waals surface area contributed by atoms with Crippen LogP contribution in [0.1, 0.15) is 4.88 Å². The van der Waals surface area contributed by atoms with Gasteiger partial charge in [0.05, 0.1) is 18.5 Å². The van der Waals surface area contributed by atoms with Crippen LogP contribution in [0.15, 0.2) is 54.0 Å². The summed E-state index contributed by atoms with van der Waals surface area (Å²) in [7, 11) is 0. The molecule has 0 fully saturated rings. The highest BCUT2D eigenvalue weighted by Gasteiger charge is 2.03. The molecule has 112 valence electrons. The van der Waals surface area contributed by atoms with Crippen molar-refractivity contribution >= 4 is 28.1 Å². The minimum absolute atomic E-state index is 0.0220. The third-order valence-electron chi connectivity index (χ3n) is 3.18. The normalized spacial score (nSPS) is 10.5. The van der Waals surface area contributed by atoms with E-state index in [0.717, 1.165) is 21.5 Å². The van der Waals surface area contributed by atoms with Crippen LogP contribution in [0, 0.1) is 0 Å². The molecular formula is C17H16N2O2S. The van der Waals surface area contributed by atoms with Gasteiger partial charge in [-0.15, -0.1) is 11.3 Å². The van der Waals surface area contributed by atoms with Gasteiger partial charge in [0.15, 0.2) is 0 Å². The number of rotatable bonds is 6. The first-order chi connectivity index (χ1) is 10.8. The van der Waals surface area contributed by atoms with Crippen molar-refractivity contribution in [3.63, 3.8) is 0 Å². The minimum Gasteiger partial charge on any atom is -0.492 e. The van der Waals surface area contributed by atoms with E-state index < -0.39 is 0 Å². The lowest BCUT2D eigenvalue weighted by atomic mass is 10.2. The molecule has 22 heavy (non-hydrogen) atoms. The van der Waals surface area contributed by atoms with Crippen LogP contribution in [0.5, 0.6) is 5.75 Å². The van der Waals surface area contributed by atoms with Gasteiger partial charge in [-0.25, -0.2) is 0 Å². The summed E-state index contributed by atoms with van der Waals surface area (Å²) in [6.07, 6.45) is 2.20. The zero-order chi connectivity index (χ0) is 15.2. The van der Waals surface area contributed by atoms with Gasteiger partial charge < -0.3 is 10.1 Å². The average Bonchev–Trinajstić information content (AvgIpc) is 3.04. The number of carbonyl (C=O) groups excluding carboxylic acids is 1. The Bertz CT molecular complexity index is 756. The first-order valence-corrected chi connectivity index (χ1v) is 7.96. The second-order valence-electron chi connectivity index (χ2n) is 4.81. The number of thiophene rings is 1. The van der Waals surface area contributed by atoms with E-state index in [1.54, 1.807) is 17.5 Å². The molecule has 0 aliphatic rings. The van der Waals surface area contributed by atoms with Gasteiger partial charge in [0.1, 0.15) is 12.4 Å². The molecule has 0 radical (unpaired) electrons. The zero-order valence-electron chi connectivity index (χ0n) is 12.0. The molecule has 0 saturated carbocycles. The SMILES string of the molecule is O=C(Cc1cccs1)NCCOc1ccc2ncccc2c1. The summed E-state index contributed by atoms with van der Waals surface area (Å²) < 4.78 is 5.66. The summed E-state index contributed by atoms with van der Waals surface area (Å²) in [6.45, 7) is 0.942. The third kappa shape index (κ3) is 3.83. The fraction of sp³-hybridized carbons (Fsp3) is 0.176. The summed E-state index contributed by atoms with van der Waals surface area (Å²) in [6, 6.07) is 13.6. The lowest BCUT2D eigenvalue weighted by Gasteiger charge is -2.08. The smallest absolute Gasteiger partial charge is 0.225 e. The number of carbonyl (C=O) groups is 1. The van der Waals surface area contributed by atoms with Gasteiger partial charge in [0, 0.05) is 16.5 Å². The van der Waals surface area contributed by atoms with E-state index in [-0.39, 0.29) is 5.91 Å². The standard InChI is InChI=1S/C17H16N2O2S/c20-17(12-15-4-2-10-22-15)19-8-9-21-14-5-6-16-13(11-14)3-1-7-18-16/h1-7,10-11H,8-9,12H2,(H,19,20). The molecule has 2 aromatic heterocycles. The summed E-state index contributed by atoms with van der Waals surface area (Å²) in [5.41, 5.74) is 0.944. The maximum absolute atomic E-state index is 11.7. The van der Waals surface area contributed by atoms with Crippen molar-refractivity contribution in [2.45, 2.75) is 6.42 Å². The number of pyridine rings is 1. The summed E-state index contributed by atoms with van der Waals surface area (Å²) in [5.74, 6) is 0.807.